The molecule has 23 heavy (non-hydrogen) atoms. The number of carbonyl (C=O) groups excluding carboxylic acids is 1. The molecule has 2 aromatic rings. The molecule has 1 N–H and O–H groups in total. The number of amides is 1. The number of carbonyl (C=O) groups is 1. The van der Waals surface area contributed by atoms with Crippen molar-refractivity contribution in [1.82, 2.24) is 5.32 Å². The van der Waals surface area contributed by atoms with E-state index in [4.69, 9.17) is 16.3 Å². The lowest BCUT2D eigenvalue weighted by molar-refractivity contribution is 0.0955. The number of ether oxygens (including phenoxy) is 1. The zero-order valence-electron chi connectivity index (χ0n) is 12.6. The van der Waals surface area contributed by atoms with Crippen molar-refractivity contribution in [2.24, 2.45) is 0 Å². The molecule has 0 aliphatic heterocycles. The molecule has 0 aliphatic rings. The highest BCUT2D eigenvalue weighted by Crippen LogP contribution is 2.20. The Balaban J connectivity index is 1.75. The predicted octanol–water partition coefficient (Wildman–Crippen LogP) is 4.15. The minimum Gasteiger partial charge on any atom is -0.494 e. The van der Waals surface area contributed by atoms with Crippen LogP contribution in [0.3, 0.4) is 0 Å². The van der Waals surface area contributed by atoms with Crippen LogP contribution in [0.1, 0.15) is 15.9 Å². The summed E-state index contributed by atoms with van der Waals surface area (Å²) in [5.41, 5.74) is 1.35. The van der Waals surface area contributed by atoms with E-state index < -0.39 is 5.82 Å². The fraction of sp³-hybridized carbons (Fsp3) is 0.235. The van der Waals surface area contributed by atoms with Crippen LogP contribution in [0.5, 0.6) is 5.75 Å². The molecule has 0 fully saturated rings. The van der Waals surface area contributed by atoms with Crippen molar-refractivity contribution >= 4 is 29.3 Å². The second-order valence-electron chi connectivity index (χ2n) is 4.75. The predicted molar refractivity (Wildman–Crippen MR) is 92.9 cm³/mol. The maximum atomic E-state index is 13.6. The van der Waals surface area contributed by atoms with Gasteiger partial charge in [-0.05, 0) is 29.8 Å². The van der Waals surface area contributed by atoms with Crippen LogP contribution >= 0.6 is 23.4 Å². The Morgan fingerprint density at radius 2 is 2.09 bits per heavy atom. The first kappa shape index (κ1) is 17.6. The van der Waals surface area contributed by atoms with E-state index in [9.17, 15) is 9.18 Å². The maximum Gasteiger partial charge on any atom is 0.251 e. The highest BCUT2D eigenvalue weighted by molar-refractivity contribution is 7.98. The molecular formula is C17H17ClFNO2S. The van der Waals surface area contributed by atoms with Gasteiger partial charge in [-0.1, -0.05) is 29.8 Å². The van der Waals surface area contributed by atoms with Gasteiger partial charge in [0.05, 0.1) is 7.11 Å². The topological polar surface area (TPSA) is 38.3 Å². The summed E-state index contributed by atoms with van der Waals surface area (Å²) < 4.78 is 18.4. The third-order valence-corrected chi connectivity index (χ3v) is 4.54. The van der Waals surface area contributed by atoms with Gasteiger partial charge in [-0.2, -0.15) is 11.8 Å². The van der Waals surface area contributed by atoms with Gasteiger partial charge in [-0.15, -0.1) is 0 Å². The minimum absolute atomic E-state index is 0.122. The smallest absolute Gasteiger partial charge is 0.251 e. The van der Waals surface area contributed by atoms with Crippen LogP contribution in [-0.4, -0.2) is 25.3 Å². The summed E-state index contributed by atoms with van der Waals surface area (Å²) in [5.74, 6) is 0.803. The minimum atomic E-state index is -0.548. The van der Waals surface area contributed by atoms with E-state index in [1.54, 1.807) is 11.8 Å². The molecule has 0 aliphatic carbocycles. The molecular weight excluding hydrogens is 337 g/mol. The summed E-state index contributed by atoms with van der Waals surface area (Å²) in [6, 6.07) is 11.8. The molecule has 1 amide bonds. The molecule has 6 heteroatoms. The van der Waals surface area contributed by atoms with Gasteiger partial charge in [0.25, 0.3) is 5.91 Å². The summed E-state index contributed by atoms with van der Waals surface area (Å²) in [5, 5.41) is 3.51. The number of halogens is 2. The van der Waals surface area contributed by atoms with Gasteiger partial charge >= 0.3 is 0 Å². The van der Waals surface area contributed by atoms with Gasteiger partial charge in [0.15, 0.2) is 11.6 Å². The first-order valence-corrected chi connectivity index (χ1v) is 8.58. The number of nitrogens with one attached hydrogen (secondary N) is 1. The molecule has 2 aromatic carbocycles. The monoisotopic (exact) mass is 353 g/mol. The van der Waals surface area contributed by atoms with Crippen molar-refractivity contribution in [3.05, 3.63) is 64.4 Å². The lowest BCUT2D eigenvalue weighted by Crippen LogP contribution is -2.25. The normalized spacial score (nSPS) is 10.4. The van der Waals surface area contributed by atoms with Gasteiger partial charge in [-0.3, -0.25) is 4.79 Å². The highest BCUT2D eigenvalue weighted by Gasteiger charge is 2.09. The van der Waals surface area contributed by atoms with Crippen molar-refractivity contribution in [3.8, 4) is 5.75 Å². The number of methoxy groups -OCH3 is 1. The Labute approximate surface area is 144 Å². The van der Waals surface area contributed by atoms with Crippen molar-refractivity contribution in [2.45, 2.75) is 5.75 Å². The SMILES string of the molecule is COc1ccc(C(=O)NCCSCc2ccccc2Cl)cc1F. The van der Waals surface area contributed by atoms with Crippen molar-refractivity contribution in [1.29, 1.82) is 0 Å². The Bertz CT molecular complexity index is 681. The lowest BCUT2D eigenvalue weighted by Gasteiger charge is -2.07. The van der Waals surface area contributed by atoms with Crippen LogP contribution in [0, 0.1) is 5.82 Å². The fourth-order valence-electron chi connectivity index (χ4n) is 1.94. The molecule has 0 unspecified atom stereocenters. The van der Waals surface area contributed by atoms with Gasteiger partial charge in [0.1, 0.15) is 0 Å². The number of hydrogen-bond acceptors (Lipinski definition) is 3. The van der Waals surface area contributed by atoms with E-state index in [0.29, 0.717) is 6.54 Å². The van der Waals surface area contributed by atoms with Gasteiger partial charge < -0.3 is 10.1 Å². The molecule has 2 rings (SSSR count). The second-order valence-corrected chi connectivity index (χ2v) is 6.26. The summed E-state index contributed by atoms with van der Waals surface area (Å²) in [6.45, 7) is 0.502. The Hall–Kier alpha value is -1.72. The van der Waals surface area contributed by atoms with Gasteiger partial charge in [0, 0.05) is 28.6 Å². The van der Waals surface area contributed by atoms with Crippen molar-refractivity contribution in [3.63, 3.8) is 0 Å². The standard InChI is InChI=1S/C17H17ClFNO2S/c1-22-16-7-6-12(10-15(16)19)17(21)20-8-9-23-11-13-4-2-3-5-14(13)18/h2-7,10H,8-9,11H2,1H3,(H,20,21). The van der Waals surface area contributed by atoms with E-state index in [1.165, 1.54) is 25.3 Å². The number of hydrogen-bond donors (Lipinski definition) is 1. The maximum absolute atomic E-state index is 13.6. The van der Waals surface area contributed by atoms with Gasteiger partial charge in [-0.25, -0.2) is 4.39 Å². The molecule has 0 aromatic heterocycles. The fourth-order valence-corrected chi connectivity index (χ4v) is 3.09. The average molecular weight is 354 g/mol. The van der Waals surface area contributed by atoms with Gasteiger partial charge in [0.2, 0.25) is 0 Å². The third kappa shape index (κ3) is 5.15. The van der Waals surface area contributed by atoms with Crippen LogP contribution in [0.4, 0.5) is 4.39 Å². The molecule has 3 nitrogen and oxygen atoms in total. The first-order chi connectivity index (χ1) is 11.1. The largest absolute Gasteiger partial charge is 0.494 e. The highest BCUT2D eigenvalue weighted by atomic mass is 35.5. The molecule has 0 atom stereocenters. The van der Waals surface area contributed by atoms with Crippen LogP contribution in [0.25, 0.3) is 0 Å². The first-order valence-electron chi connectivity index (χ1n) is 7.04. The van der Waals surface area contributed by atoms with Crippen LogP contribution in [0.15, 0.2) is 42.5 Å². The summed E-state index contributed by atoms with van der Waals surface area (Å²) >= 11 is 7.75. The third-order valence-electron chi connectivity index (χ3n) is 3.16. The number of benzene rings is 2. The summed E-state index contributed by atoms with van der Waals surface area (Å²) in [6.07, 6.45) is 0. The van der Waals surface area contributed by atoms with Crippen molar-refractivity contribution in [2.75, 3.05) is 19.4 Å². The summed E-state index contributed by atoms with van der Waals surface area (Å²) in [4.78, 5) is 11.9. The summed E-state index contributed by atoms with van der Waals surface area (Å²) in [7, 11) is 1.38. The Kier molecular flexibility index (Phi) is 6.74. The van der Waals surface area contributed by atoms with E-state index in [0.717, 1.165) is 22.1 Å². The average Bonchev–Trinajstić information content (AvgIpc) is 2.56. The number of thioether (sulfide) groups is 1. The molecule has 0 radical (unpaired) electrons. The Morgan fingerprint density at radius 3 is 2.78 bits per heavy atom. The lowest BCUT2D eigenvalue weighted by atomic mass is 10.2. The zero-order valence-corrected chi connectivity index (χ0v) is 14.2. The van der Waals surface area contributed by atoms with Crippen molar-refractivity contribution < 1.29 is 13.9 Å². The van der Waals surface area contributed by atoms with Crippen LogP contribution in [0.2, 0.25) is 5.02 Å². The number of rotatable bonds is 7. The second kappa shape index (κ2) is 8.79. The molecule has 0 saturated heterocycles. The molecule has 0 bridgehead atoms. The molecule has 0 heterocycles. The van der Waals surface area contributed by atoms with E-state index in [2.05, 4.69) is 5.32 Å². The quantitative estimate of drug-likeness (QED) is 0.760. The zero-order chi connectivity index (χ0) is 16.7. The van der Waals surface area contributed by atoms with Crippen LogP contribution in [-0.2, 0) is 5.75 Å². The molecule has 122 valence electrons. The van der Waals surface area contributed by atoms with E-state index in [-0.39, 0.29) is 17.2 Å². The molecule has 0 saturated carbocycles. The van der Waals surface area contributed by atoms with E-state index >= 15 is 0 Å². The van der Waals surface area contributed by atoms with Crippen LogP contribution < -0.4 is 10.1 Å². The van der Waals surface area contributed by atoms with E-state index in [1.807, 2.05) is 24.3 Å². The Morgan fingerprint density at radius 1 is 1.30 bits per heavy atom. The molecule has 0 spiro atoms.